The van der Waals surface area contributed by atoms with Crippen molar-refractivity contribution in [1.82, 2.24) is 15.3 Å². The summed E-state index contributed by atoms with van der Waals surface area (Å²) >= 11 is 11.7. The van der Waals surface area contributed by atoms with Gasteiger partial charge in [0.25, 0.3) is 0 Å². The van der Waals surface area contributed by atoms with Gasteiger partial charge in [-0.3, -0.25) is 4.79 Å². The molecular formula is C12H11Cl2N3O. The number of H-pyrrole nitrogens is 1. The summed E-state index contributed by atoms with van der Waals surface area (Å²) in [4.78, 5) is 19.2. The van der Waals surface area contributed by atoms with Crippen molar-refractivity contribution in [3.8, 4) is 0 Å². The first-order valence-corrected chi connectivity index (χ1v) is 6.41. The first kappa shape index (κ1) is 11.8. The average Bonchev–Trinajstić information content (AvgIpc) is 2.82. The van der Waals surface area contributed by atoms with Gasteiger partial charge >= 0.3 is 0 Å². The Morgan fingerprint density at radius 1 is 1.50 bits per heavy atom. The zero-order valence-corrected chi connectivity index (χ0v) is 10.9. The van der Waals surface area contributed by atoms with Crippen LogP contribution >= 0.6 is 23.2 Å². The molecule has 2 aromatic rings. The van der Waals surface area contributed by atoms with Gasteiger partial charge in [0, 0.05) is 0 Å². The van der Waals surface area contributed by atoms with Crippen LogP contribution in [0.3, 0.4) is 0 Å². The molecule has 18 heavy (non-hydrogen) atoms. The predicted octanol–water partition coefficient (Wildman–Crippen LogP) is 2.37. The van der Waals surface area contributed by atoms with Crippen molar-refractivity contribution in [1.29, 1.82) is 0 Å². The summed E-state index contributed by atoms with van der Waals surface area (Å²) in [5, 5.41) is 2.78. The summed E-state index contributed by atoms with van der Waals surface area (Å²) in [5.41, 5.74) is 1.84. The van der Waals surface area contributed by atoms with Gasteiger partial charge in [0.15, 0.2) is 0 Å². The van der Waals surface area contributed by atoms with Crippen LogP contribution in [-0.4, -0.2) is 20.2 Å². The minimum Gasteiger partial charge on any atom is -0.349 e. The summed E-state index contributed by atoms with van der Waals surface area (Å²) < 4.78 is -0.877. The predicted molar refractivity (Wildman–Crippen MR) is 70.5 cm³/mol. The van der Waals surface area contributed by atoms with Crippen LogP contribution < -0.4 is 5.32 Å². The number of hydrogen-bond acceptors (Lipinski definition) is 2. The number of aromatic nitrogens is 2. The number of amides is 1. The Balaban J connectivity index is 1.65. The van der Waals surface area contributed by atoms with E-state index in [0.717, 1.165) is 16.9 Å². The molecule has 1 heterocycles. The van der Waals surface area contributed by atoms with Crippen LogP contribution in [0.2, 0.25) is 0 Å². The third-order valence-corrected chi connectivity index (χ3v) is 3.85. The van der Waals surface area contributed by atoms with E-state index in [4.69, 9.17) is 23.2 Å². The van der Waals surface area contributed by atoms with Crippen LogP contribution in [0.1, 0.15) is 12.2 Å². The second-order valence-electron chi connectivity index (χ2n) is 4.44. The SMILES string of the molecule is O=C(NCc1nc2ccccc2[nH]1)C1CC1(Cl)Cl. The summed E-state index contributed by atoms with van der Waals surface area (Å²) in [6.45, 7) is 0.355. The van der Waals surface area contributed by atoms with Gasteiger partial charge in [-0.25, -0.2) is 4.98 Å². The maximum absolute atomic E-state index is 11.7. The molecule has 1 aromatic heterocycles. The summed E-state index contributed by atoms with van der Waals surface area (Å²) in [5.74, 6) is 0.297. The van der Waals surface area contributed by atoms with Crippen LogP contribution in [0.5, 0.6) is 0 Å². The Morgan fingerprint density at radius 2 is 2.22 bits per heavy atom. The zero-order chi connectivity index (χ0) is 12.8. The number of para-hydroxylation sites is 2. The number of fused-ring (bicyclic) bond motifs is 1. The van der Waals surface area contributed by atoms with E-state index in [-0.39, 0.29) is 11.8 Å². The normalized spacial score (nSPS) is 20.9. The summed E-state index contributed by atoms with van der Waals surface area (Å²) in [7, 11) is 0. The van der Waals surface area contributed by atoms with Gasteiger partial charge in [-0.15, -0.1) is 23.2 Å². The lowest BCUT2D eigenvalue weighted by atomic mass is 10.3. The van der Waals surface area contributed by atoms with Gasteiger partial charge in [-0.05, 0) is 18.6 Å². The van der Waals surface area contributed by atoms with Crippen molar-refractivity contribution in [2.45, 2.75) is 17.3 Å². The average molecular weight is 284 g/mol. The molecular weight excluding hydrogens is 273 g/mol. The molecule has 1 aliphatic rings. The van der Waals surface area contributed by atoms with Crippen molar-refractivity contribution in [3.63, 3.8) is 0 Å². The third kappa shape index (κ3) is 2.18. The largest absolute Gasteiger partial charge is 0.349 e. The van der Waals surface area contributed by atoms with E-state index < -0.39 is 4.33 Å². The van der Waals surface area contributed by atoms with Crippen molar-refractivity contribution < 1.29 is 4.79 Å². The minimum atomic E-state index is -0.877. The van der Waals surface area contributed by atoms with Gasteiger partial charge in [0.2, 0.25) is 5.91 Å². The highest BCUT2D eigenvalue weighted by atomic mass is 35.5. The second kappa shape index (κ2) is 4.14. The van der Waals surface area contributed by atoms with Gasteiger partial charge in [0.1, 0.15) is 10.2 Å². The number of nitrogens with zero attached hydrogens (tertiary/aromatic N) is 1. The molecule has 0 radical (unpaired) electrons. The summed E-state index contributed by atoms with van der Waals surface area (Å²) in [6, 6.07) is 7.71. The molecule has 1 amide bonds. The quantitative estimate of drug-likeness (QED) is 0.850. The van der Waals surface area contributed by atoms with E-state index in [2.05, 4.69) is 15.3 Å². The Bertz CT molecular complexity index is 575. The molecule has 1 fully saturated rings. The van der Waals surface area contributed by atoms with Crippen LogP contribution in [0.15, 0.2) is 24.3 Å². The highest BCUT2D eigenvalue weighted by Gasteiger charge is 2.56. The maximum Gasteiger partial charge on any atom is 0.226 e. The van der Waals surface area contributed by atoms with Gasteiger partial charge < -0.3 is 10.3 Å². The highest BCUT2D eigenvalue weighted by molar-refractivity contribution is 6.52. The molecule has 0 spiro atoms. The zero-order valence-electron chi connectivity index (χ0n) is 9.41. The van der Waals surface area contributed by atoms with E-state index in [9.17, 15) is 4.79 Å². The highest BCUT2D eigenvalue weighted by Crippen LogP contribution is 2.53. The van der Waals surface area contributed by atoms with Gasteiger partial charge in [-0.2, -0.15) is 0 Å². The number of imidazole rings is 1. The molecule has 1 atom stereocenters. The van der Waals surface area contributed by atoms with E-state index in [1.165, 1.54) is 0 Å². The lowest BCUT2D eigenvalue weighted by Crippen LogP contribution is -2.26. The fraction of sp³-hybridized carbons (Fsp3) is 0.333. The molecule has 1 aliphatic carbocycles. The number of hydrogen-bond donors (Lipinski definition) is 2. The van der Waals surface area contributed by atoms with Crippen molar-refractivity contribution in [3.05, 3.63) is 30.1 Å². The molecule has 3 rings (SSSR count). The number of carbonyl (C=O) groups is 1. The molecule has 0 saturated heterocycles. The number of benzene rings is 1. The Morgan fingerprint density at radius 3 is 2.89 bits per heavy atom. The van der Waals surface area contributed by atoms with Crippen molar-refractivity contribution >= 4 is 40.1 Å². The van der Waals surface area contributed by atoms with E-state index >= 15 is 0 Å². The smallest absolute Gasteiger partial charge is 0.226 e. The molecule has 0 bridgehead atoms. The Hall–Kier alpha value is -1.26. The van der Waals surface area contributed by atoms with Crippen LogP contribution in [0.4, 0.5) is 0 Å². The number of carbonyl (C=O) groups excluding carboxylic acids is 1. The number of halogens is 2. The van der Waals surface area contributed by atoms with Crippen LogP contribution in [-0.2, 0) is 11.3 Å². The first-order chi connectivity index (χ1) is 8.56. The monoisotopic (exact) mass is 283 g/mol. The molecule has 0 aliphatic heterocycles. The Kier molecular flexibility index (Phi) is 2.72. The van der Waals surface area contributed by atoms with E-state index in [0.29, 0.717) is 13.0 Å². The number of aromatic amines is 1. The fourth-order valence-corrected chi connectivity index (χ4v) is 2.39. The molecule has 1 unspecified atom stereocenters. The molecule has 1 aromatic carbocycles. The Labute approximate surface area is 114 Å². The van der Waals surface area contributed by atoms with Gasteiger partial charge in [0.05, 0.1) is 23.5 Å². The van der Waals surface area contributed by atoms with E-state index in [1.807, 2.05) is 24.3 Å². The third-order valence-electron chi connectivity index (χ3n) is 3.01. The first-order valence-electron chi connectivity index (χ1n) is 5.65. The molecule has 6 heteroatoms. The topological polar surface area (TPSA) is 57.8 Å². The lowest BCUT2D eigenvalue weighted by molar-refractivity contribution is -0.122. The molecule has 1 saturated carbocycles. The lowest BCUT2D eigenvalue weighted by Gasteiger charge is -2.02. The number of nitrogens with one attached hydrogen (secondary N) is 2. The molecule has 94 valence electrons. The minimum absolute atomic E-state index is 0.125. The van der Waals surface area contributed by atoms with Gasteiger partial charge in [-0.1, -0.05) is 12.1 Å². The number of alkyl halides is 2. The molecule has 4 nitrogen and oxygen atoms in total. The molecule has 2 N–H and O–H groups in total. The van der Waals surface area contributed by atoms with Crippen LogP contribution in [0, 0.1) is 5.92 Å². The standard InChI is InChI=1S/C12H11Cl2N3O/c13-12(14)5-7(12)11(18)15-6-10-16-8-3-1-2-4-9(8)17-10/h1-4,7H,5-6H2,(H,15,18)(H,16,17). The summed E-state index contributed by atoms with van der Waals surface area (Å²) in [6.07, 6.45) is 0.516. The number of rotatable bonds is 3. The van der Waals surface area contributed by atoms with Crippen molar-refractivity contribution in [2.24, 2.45) is 5.92 Å². The van der Waals surface area contributed by atoms with E-state index in [1.54, 1.807) is 0 Å². The van der Waals surface area contributed by atoms with Crippen LogP contribution in [0.25, 0.3) is 11.0 Å². The van der Waals surface area contributed by atoms with Crippen molar-refractivity contribution in [2.75, 3.05) is 0 Å². The maximum atomic E-state index is 11.7. The second-order valence-corrected chi connectivity index (χ2v) is 5.98. The fourth-order valence-electron chi connectivity index (χ4n) is 1.88.